The van der Waals surface area contributed by atoms with Crippen LogP contribution < -0.4 is 11.5 Å². The number of ether oxygens (including phenoxy) is 1. The normalized spacial score (nSPS) is 28.5. The van der Waals surface area contributed by atoms with Crippen molar-refractivity contribution in [1.82, 2.24) is 19.5 Å². The third-order valence-electron chi connectivity index (χ3n) is 3.54. The van der Waals surface area contributed by atoms with Gasteiger partial charge in [-0.05, 0) is 0 Å². The molecule has 3 rings (SSSR count). The summed E-state index contributed by atoms with van der Waals surface area (Å²) >= 11 is 1.57. The first-order valence-electron chi connectivity index (χ1n) is 6.86. The molecule has 2 unspecified atom stereocenters. The topological polar surface area (TPSA) is 145 Å². The number of nitrogens with zero attached hydrogens (tertiary/aromatic N) is 4. The van der Waals surface area contributed by atoms with Crippen LogP contribution in [0.5, 0.6) is 0 Å². The first kappa shape index (κ1) is 15.4. The molecule has 0 radical (unpaired) electrons. The molecule has 0 spiro atoms. The second-order valence-electron chi connectivity index (χ2n) is 4.99. The predicted molar refractivity (Wildman–Crippen MR) is 82.0 cm³/mol. The lowest BCUT2D eigenvalue weighted by molar-refractivity contribution is -0.0289. The summed E-state index contributed by atoms with van der Waals surface area (Å²) < 4.78 is 7.35. The van der Waals surface area contributed by atoms with E-state index in [0.717, 1.165) is 5.75 Å². The fourth-order valence-electron chi connectivity index (χ4n) is 2.44. The van der Waals surface area contributed by atoms with Crippen LogP contribution in [-0.2, 0) is 4.74 Å². The number of anilines is 1. The Labute approximate surface area is 130 Å². The van der Waals surface area contributed by atoms with Crippen molar-refractivity contribution in [2.24, 2.45) is 5.73 Å². The van der Waals surface area contributed by atoms with Crippen LogP contribution in [0.2, 0.25) is 0 Å². The average molecular weight is 326 g/mol. The zero-order valence-corrected chi connectivity index (χ0v) is 12.6. The quantitative estimate of drug-likeness (QED) is 0.493. The van der Waals surface area contributed by atoms with Crippen LogP contribution in [0.3, 0.4) is 0 Å². The summed E-state index contributed by atoms with van der Waals surface area (Å²) in [6, 6.07) is 0. The standard InChI is InChI=1S/C12H18N6O3S/c13-1-2-22-3-6-8(19)9(20)12(21-6)18-5-17-7-10(14)15-4-16-11(7)18/h4-6,8-9,12,19-20H,1-3,13H2,(H2,14,15,16)/t6-,8?,9?,12-/m1/s1. The maximum absolute atomic E-state index is 10.3. The third-order valence-corrected chi connectivity index (χ3v) is 4.63. The summed E-state index contributed by atoms with van der Waals surface area (Å²) in [5, 5.41) is 20.4. The maximum atomic E-state index is 10.3. The molecule has 1 saturated heterocycles. The summed E-state index contributed by atoms with van der Waals surface area (Å²) in [7, 11) is 0. The van der Waals surface area contributed by atoms with E-state index >= 15 is 0 Å². The average Bonchev–Trinajstić information content (AvgIpc) is 3.05. The van der Waals surface area contributed by atoms with Crippen molar-refractivity contribution in [2.75, 3.05) is 23.8 Å². The number of aliphatic hydroxyl groups excluding tert-OH is 2. The van der Waals surface area contributed by atoms with Gasteiger partial charge in [0.1, 0.15) is 24.1 Å². The molecule has 0 amide bonds. The van der Waals surface area contributed by atoms with Crippen molar-refractivity contribution < 1.29 is 14.9 Å². The Balaban J connectivity index is 1.83. The van der Waals surface area contributed by atoms with Crippen LogP contribution in [-0.4, -0.2) is 66.1 Å². The molecule has 0 saturated carbocycles. The summed E-state index contributed by atoms with van der Waals surface area (Å²) in [4.78, 5) is 12.1. The van der Waals surface area contributed by atoms with Gasteiger partial charge in [-0.15, -0.1) is 0 Å². The molecule has 6 N–H and O–H groups in total. The highest BCUT2D eigenvalue weighted by Crippen LogP contribution is 2.33. The summed E-state index contributed by atoms with van der Waals surface area (Å²) in [6.45, 7) is 0.557. The zero-order chi connectivity index (χ0) is 15.7. The Bertz CT molecular complexity index is 653. The molecule has 2 aromatic heterocycles. The number of aliphatic hydroxyl groups is 2. The van der Waals surface area contributed by atoms with E-state index in [1.54, 1.807) is 16.3 Å². The number of hydrogen-bond acceptors (Lipinski definition) is 9. The van der Waals surface area contributed by atoms with Gasteiger partial charge in [-0.1, -0.05) is 0 Å². The van der Waals surface area contributed by atoms with Crippen molar-refractivity contribution in [3.63, 3.8) is 0 Å². The first-order valence-corrected chi connectivity index (χ1v) is 8.01. The Hall–Kier alpha value is -1.46. The summed E-state index contributed by atoms with van der Waals surface area (Å²) in [5.41, 5.74) is 12.1. The Morgan fingerprint density at radius 3 is 2.86 bits per heavy atom. The lowest BCUT2D eigenvalue weighted by atomic mass is 10.1. The minimum absolute atomic E-state index is 0.256. The lowest BCUT2D eigenvalue weighted by Crippen LogP contribution is -2.32. The molecular weight excluding hydrogens is 308 g/mol. The van der Waals surface area contributed by atoms with Gasteiger partial charge >= 0.3 is 0 Å². The van der Waals surface area contributed by atoms with Gasteiger partial charge in [-0.2, -0.15) is 11.8 Å². The highest BCUT2D eigenvalue weighted by atomic mass is 32.2. The number of rotatable bonds is 5. The molecule has 1 fully saturated rings. The first-order chi connectivity index (χ1) is 10.6. The van der Waals surface area contributed by atoms with Gasteiger partial charge in [0.2, 0.25) is 0 Å². The highest BCUT2D eigenvalue weighted by molar-refractivity contribution is 7.99. The van der Waals surface area contributed by atoms with E-state index in [1.165, 1.54) is 12.7 Å². The number of hydrogen-bond donors (Lipinski definition) is 4. The number of aromatic nitrogens is 4. The number of imidazole rings is 1. The van der Waals surface area contributed by atoms with Crippen molar-refractivity contribution in [2.45, 2.75) is 24.5 Å². The van der Waals surface area contributed by atoms with Crippen molar-refractivity contribution in [3.8, 4) is 0 Å². The largest absolute Gasteiger partial charge is 0.387 e. The van der Waals surface area contributed by atoms with E-state index in [4.69, 9.17) is 16.2 Å². The zero-order valence-electron chi connectivity index (χ0n) is 11.7. The molecular formula is C12H18N6O3S. The monoisotopic (exact) mass is 326 g/mol. The Kier molecular flexibility index (Phi) is 4.45. The molecule has 22 heavy (non-hydrogen) atoms. The van der Waals surface area contributed by atoms with Gasteiger partial charge in [-0.3, -0.25) is 4.57 Å². The Morgan fingerprint density at radius 2 is 2.09 bits per heavy atom. The van der Waals surface area contributed by atoms with Crippen LogP contribution in [0.15, 0.2) is 12.7 Å². The second kappa shape index (κ2) is 6.34. The second-order valence-corrected chi connectivity index (χ2v) is 6.14. The number of fused-ring (bicyclic) bond motifs is 1. The molecule has 2 aromatic rings. The summed E-state index contributed by atoms with van der Waals surface area (Å²) in [5.74, 6) is 1.58. The van der Waals surface area contributed by atoms with E-state index in [2.05, 4.69) is 15.0 Å². The molecule has 4 atom stereocenters. The van der Waals surface area contributed by atoms with Gasteiger partial charge in [0.25, 0.3) is 0 Å². The SMILES string of the molecule is NCCSC[C@H]1O[C@@H](n2cnc3c(N)ncnc32)C(O)C1O. The maximum Gasteiger partial charge on any atom is 0.167 e. The van der Waals surface area contributed by atoms with E-state index < -0.39 is 24.5 Å². The van der Waals surface area contributed by atoms with Gasteiger partial charge in [0, 0.05) is 18.1 Å². The minimum Gasteiger partial charge on any atom is -0.387 e. The molecule has 0 bridgehead atoms. The van der Waals surface area contributed by atoms with Crippen molar-refractivity contribution in [3.05, 3.63) is 12.7 Å². The lowest BCUT2D eigenvalue weighted by Gasteiger charge is -2.16. The summed E-state index contributed by atoms with van der Waals surface area (Å²) in [6.07, 6.45) is -0.497. The van der Waals surface area contributed by atoms with E-state index in [-0.39, 0.29) is 5.82 Å². The molecule has 1 aliphatic heterocycles. The van der Waals surface area contributed by atoms with E-state index in [0.29, 0.717) is 23.5 Å². The smallest absolute Gasteiger partial charge is 0.167 e. The van der Waals surface area contributed by atoms with Crippen molar-refractivity contribution >= 4 is 28.7 Å². The van der Waals surface area contributed by atoms with E-state index in [1.807, 2.05) is 0 Å². The van der Waals surface area contributed by atoms with Gasteiger partial charge in [0.05, 0.1) is 12.4 Å². The van der Waals surface area contributed by atoms with Crippen LogP contribution in [0, 0.1) is 0 Å². The number of nitrogens with two attached hydrogens (primary N) is 2. The molecule has 9 nitrogen and oxygen atoms in total. The van der Waals surface area contributed by atoms with Crippen LogP contribution in [0.1, 0.15) is 6.23 Å². The molecule has 120 valence electrons. The molecule has 0 aromatic carbocycles. The molecule has 1 aliphatic rings. The number of thioether (sulfide) groups is 1. The minimum atomic E-state index is -1.07. The van der Waals surface area contributed by atoms with Crippen molar-refractivity contribution in [1.29, 1.82) is 0 Å². The molecule has 0 aliphatic carbocycles. The predicted octanol–water partition coefficient (Wildman–Crippen LogP) is -1.28. The number of nitrogen functional groups attached to an aromatic ring is 1. The van der Waals surface area contributed by atoms with E-state index in [9.17, 15) is 10.2 Å². The third kappa shape index (κ3) is 2.63. The highest BCUT2D eigenvalue weighted by Gasteiger charge is 2.44. The molecule has 10 heteroatoms. The van der Waals surface area contributed by atoms with Crippen LogP contribution >= 0.6 is 11.8 Å². The van der Waals surface area contributed by atoms with Crippen LogP contribution in [0.4, 0.5) is 5.82 Å². The van der Waals surface area contributed by atoms with Gasteiger partial charge < -0.3 is 26.4 Å². The fraction of sp³-hybridized carbons (Fsp3) is 0.583. The Morgan fingerprint density at radius 1 is 1.27 bits per heavy atom. The fourth-order valence-corrected chi connectivity index (χ4v) is 3.28. The van der Waals surface area contributed by atoms with Gasteiger partial charge in [0.15, 0.2) is 17.7 Å². The van der Waals surface area contributed by atoms with Gasteiger partial charge in [-0.25, -0.2) is 15.0 Å². The van der Waals surface area contributed by atoms with Crippen LogP contribution in [0.25, 0.3) is 11.2 Å². The molecule has 3 heterocycles.